The van der Waals surface area contributed by atoms with E-state index in [9.17, 15) is 4.79 Å². The minimum atomic E-state index is -0.136. The van der Waals surface area contributed by atoms with Gasteiger partial charge >= 0.3 is 5.63 Å². The second-order valence-electron chi connectivity index (χ2n) is 6.28. The van der Waals surface area contributed by atoms with Crippen molar-refractivity contribution in [2.75, 3.05) is 0 Å². The summed E-state index contributed by atoms with van der Waals surface area (Å²) >= 11 is 0. The Morgan fingerprint density at radius 2 is 1.37 bits per heavy atom. The van der Waals surface area contributed by atoms with Crippen molar-refractivity contribution in [3.05, 3.63) is 33.9 Å². The molecule has 1 aromatic rings. The van der Waals surface area contributed by atoms with Crippen LogP contribution in [0.15, 0.2) is 21.3 Å². The summed E-state index contributed by atoms with van der Waals surface area (Å²) in [6, 6.07) is 3.94. The molecule has 104 valence electrons. The van der Waals surface area contributed by atoms with Crippen molar-refractivity contribution in [3.63, 3.8) is 0 Å². The summed E-state index contributed by atoms with van der Waals surface area (Å²) in [6.07, 6.45) is 12.7. The summed E-state index contributed by atoms with van der Waals surface area (Å²) in [4.78, 5) is 11.8. The molecule has 2 nitrogen and oxygen atoms in total. The first-order valence-corrected chi connectivity index (χ1v) is 7.98. The monoisotopic (exact) mass is 260 g/mol. The summed E-state index contributed by atoms with van der Waals surface area (Å²) < 4.78 is 5.49. The first kappa shape index (κ1) is 13.0. The fourth-order valence-electron chi connectivity index (χ4n) is 3.78. The third-order valence-corrected chi connectivity index (χ3v) is 4.90. The third-order valence-electron chi connectivity index (χ3n) is 4.90. The zero-order valence-electron chi connectivity index (χ0n) is 11.7. The average Bonchev–Trinajstić information content (AvgIpc) is 2.48. The van der Waals surface area contributed by atoms with Crippen LogP contribution in [0.1, 0.15) is 87.4 Å². The lowest BCUT2D eigenvalue weighted by molar-refractivity contribution is 0.351. The maximum absolute atomic E-state index is 11.8. The number of hydrogen-bond acceptors (Lipinski definition) is 2. The molecule has 0 bridgehead atoms. The van der Waals surface area contributed by atoms with Gasteiger partial charge in [-0.2, -0.15) is 0 Å². The number of hydrogen-bond donors (Lipinski definition) is 0. The Hall–Kier alpha value is -1.05. The van der Waals surface area contributed by atoms with Crippen molar-refractivity contribution in [1.29, 1.82) is 0 Å². The quantitative estimate of drug-likeness (QED) is 0.769. The molecule has 1 aromatic heterocycles. The van der Waals surface area contributed by atoms with Gasteiger partial charge < -0.3 is 4.42 Å². The van der Waals surface area contributed by atoms with E-state index in [-0.39, 0.29) is 5.63 Å². The third kappa shape index (κ3) is 3.10. The molecule has 0 N–H and O–H groups in total. The molecule has 2 aliphatic rings. The van der Waals surface area contributed by atoms with E-state index < -0.39 is 0 Å². The second kappa shape index (κ2) is 5.94. The van der Waals surface area contributed by atoms with Gasteiger partial charge in [-0.05, 0) is 43.2 Å². The van der Waals surface area contributed by atoms with E-state index in [2.05, 4.69) is 6.07 Å². The molecule has 0 amide bonds. The van der Waals surface area contributed by atoms with Crippen molar-refractivity contribution >= 4 is 0 Å². The standard InChI is InChI=1S/C17H24O2/c18-17-12-15(13-7-3-1-4-8-13)11-16(19-17)14-9-5-2-6-10-14/h11-14H,1-10H2. The van der Waals surface area contributed by atoms with Gasteiger partial charge in [0.1, 0.15) is 5.76 Å². The van der Waals surface area contributed by atoms with Crippen LogP contribution >= 0.6 is 0 Å². The summed E-state index contributed by atoms with van der Waals surface area (Å²) in [5.41, 5.74) is 1.11. The molecule has 19 heavy (non-hydrogen) atoms. The Kier molecular flexibility index (Phi) is 4.05. The molecule has 3 rings (SSSR count). The van der Waals surface area contributed by atoms with Crippen molar-refractivity contribution < 1.29 is 4.42 Å². The second-order valence-corrected chi connectivity index (χ2v) is 6.28. The molecule has 0 atom stereocenters. The van der Waals surface area contributed by atoms with E-state index in [4.69, 9.17) is 4.42 Å². The van der Waals surface area contributed by atoms with Crippen molar-refractivity contribution in [3.8, 4) is 0 Å². The Balaban J connectivity index is 1.84. The van der Waals surface area contributed by atoms with Crippen LogP contribution < -0.4 is 5.63 Å². The van der Waals surface area contributed by atoms with Gasteiger partial charge in [0.05, 0.1) is 0 Å². The summed E-state index contributed by atoms with van der Waals surface area (Å²) in [6.45, 7) is 0. The molecule has 0 saturated heterocycles. The van der Waals surface area contributed by atoms with Crippen LogP contribution in [0.3, 0.4) is 0 Å². The molecule has 0 unspecified atom stereocenters. The van der Waals surface area contributed by atoms with Crippen molar-refractivity contribution in [2.45, 2.75) is 76.0 Å². The van der Waals surface area contributed by atoms with E-state index in [0.29, 0.717) is 11.8 Å². The van der Waals surface area contributed by atoms with Gasteiger partial charge in [0.25, 0.3) is 0 Å². The first-order valence-electron chi connectivity index (χ1n) is 7.98. The molecule has 0 radical (unpaired) electrons. The van der Waals surface area contributed by atoms with Crippen molar-refractivity contribution in [1.82, 2.24) is 0 Å². The topological polar surface area (TPSA) is 30.2 Å². The van der Waals surface area contributed by atoms with Crippen LogP contribution in [0.5, 0.6) is 0 Å². The molecule has 0 spiro atoms. The summed E-state index contributed by atoms with van der Waals surface area (Å²) in [5, 5.41) is 0. The van der Waals surface area contributed by atoms with Gasteiger partial charge in [-0.1, -0.05) is 38.5 Å². The van der Waals surface area contributed by atoms with Gasteiger partial charge in [-0.15, -0.1) is 0 Å². The van der Waals surface area contributed by atoms with E-state index in [1.165, 1.54) is 69.8 Å². The predicted octanol–water partition coefficient (Wildman–Crippen LogP) is 4.74. The van der Waals surface area contributed by atoms with Crippen LogP contribution in [0.4, 0.5) is 0 Å². The van der Waals surface area contributed by atoms with E-state index in [1.807, 2.05) is 0 Å². The molecule has 2 heteroatoms. The van der Waals surface area contributed by atoms with E-state index in [1.54, 1.807) is 6.07 Å². The molecule has 1 heterocycles. The maximum atomic E-state index is 11.8. The van der Waals surface area contributed by atoms with Crippen LogP contribution in [0, 0.1) is 0 Å². The highest BCUT2D eigenvalue weighted by Crippen LogP contribution is 2.36. The van der Waals surface area contributed by atoms with Gasteiger partial charge in [-0.25, -0.2) is 4.79 Å². The molecule has 2 fully saturated rings. The fourth-order valence-corrected chi connectivity index (χ4v) is 3.78. The van der Waals surface area contributed by atoms with Crippen LogP contribution in [0.25, 0.3) is 0 Å². The highest BCUT2D eigenvalue weighted by molar-refractivity contribution is 5.21. The minimum absolute atomic E-state index is 0.136. The number of rotatable bonds is 2. The van der Waals surface area contributed by atoms with Gasteiger partial charge in [0, 0.05) is 12.0 Å². The van der Waals surface area contributed by atoms with Gasteiger partial charge in [-0.3, -0.25) is 0 Å². The lowest BCUT2D eigenvalue weighted by atomic mass is 9.82. The SMILES string of the molecule is O=c1cc(C2CCCCC2)cc(C2CCCCC2)o1. The molecular formula is C17H24O2. The van der Waals surface area contributed by atoms with Gasteiger partial charge in [0.15, 0.2) is 0 Å². The predicted molar refractivity (Wildman–Crippen MR) is 76.6 cm³/mol. The molecule has 2 aliphatic carbocycles. The van der Waals surface area contributed by atoms with Gasteiger partial charge in [0.2, 0.25) is 0 Å². The zero-order chi connectivity index (χ0) is 13.1. The van der Waals surface area contributed by atoms with E-state index >= 15 is 0 Å². The first-order chi connectivity index (χ1) is 9.33. The summed E-state index contributed by atoms with van der Waals surface area (Å²) in [5.74, 6) is 2.05. The maximum Gasteiger partial charge on any atom is 0.336 e. The lowest BCUT2D eigenvalue weighted by Gasteiger charge is -2.24. The fraction of sp³-hybridized carbons (Fsp3) is 0.706. The minimum Gasteiger partial charge on any atom is -0.428 e. The largest absolute Gasteiger partial charge is 0.428 e. The van der Waals surface area contributed by atoms with Crippen LogP contribution in [0.2, 0.25) is 0 Å². The highest BCUT2D eigenvalue weighted by Gasteiger charge is 2.21. The van der Waals surface area contributed by atoms with Crippen LogP contribution in [-0.2, 0) is 0 Å². The van der Waals surface area contributed by atoms with Crippen LogP contribution in [-0.4, -0.2) is 0 Å². The lowest BCUT2D eigenvalue weighted by Crippen LogP contribution is -2.12. The normalized spacial score (nSPS) is 22.5. The Bertz CT molecular complexity index is 423. The van der Waals surface area contributed by atoms with E-state index in [0.717, 1.165) is 5.76 Å². The zero-order valence-corrected chi connectivity index (χ0v) is 11.7. The molecule has 0 aromatic carbocycles. The molecule has 0 aliphatic heterocycles. The highest BCUT2D eigenvalue weighted by atomic mass is 16.4. The smallest absolute Gasteiger partial charge is 0.336 e. The Morgan fingerprint density at radius 1 is 0.789 bits per heavy atom. The Morgan fingerprint density at radius 3 is 2.00 bits per heavy atom. The van der Waals surface area contributed by atoms with Crippen molar-refractivity contribution in [2.24, 2.45) is 0 Å². The molecular weight excluding hydrogens is 236 g/mol. The average molecular weight is 260 g/mol. The molecule has 2 saturated carbocycles. The summed E-state index contributed by atoms with van der Waals surface area (Å²) in [7, 11) is 0. The Labute approximate surface area is 115 Å².